The van der Waals surface area contributed by atoms with Gasteiger partial charge in [0.2, 0.25) is 5.91 Å². The van der Waals surface area contributed by atoms with E-state index in [2.05, 4.69) is 15.3 Å². The number of carbonyl (C=O) groups excluding carboxylic acids is 1. The van der Waals surface area contributed by atoms with Crippen LogP contribution >= 0.6 is 0 Å². The highest BCUT2D eigenvalue weighted by molar-refractivity contribution is 5.79. The molecular formula is C15H15N5O2. The molecule has 0 aliphatic heterocycles. The largest absolute Gasteiger partial charge is 0.358 e. The lowest BCUT2D eigenvalue weighted by atomic mass is 10.2. The summed E-state index contributed by atoms with van der Waals surface area (Å²) in [6, 6.07) is 9.52. The topological polar surface area (TPSA) is 81.8 Å². The van der Waals surface area contributed by atoms with Crippen molar-refractivity contribution in [3.8, 4) is 11.4 Å². The van der Waals surface area contributed by atoms with Gasteiger partial charge in [-0.05, 0) is 0 Å². The van der Waals surface area contributed by atoms with Crippen molar-refractivity contribution in [2.24, 2.45) is 7.05 Å². The van der Waals surface area contributed by atoms with Gasteiger partial charge in [0, 0.05) is 19.7 Å². The van der Waals surface area contributed by atoms with E-state index in [1.54, 1.807) is 13.2 Å². The van der Waals surface area contributed by atoms with Gasteiger partial charge in [0.05, 0.1) is 6.20 Å². The highest BCUT2D eigenvalue weighted by Gasteiger charge is 2.15. The third-order valence-corrected chi connectivity index (χ3v) is 3.49. The van der Waals surface area contributed by atoms with Crippen molar-refractivity contribution in [1.82, 2.24) is 24.4 Å². The van der Waals surface area contributed by atoms with Crippen LogP contribution in [0, 0.1) is 0 Å². The first-order chi connectivity index (χ1) is 10.6. The average molecular weight is 297 g/mol. The summed E-state index contributed by atoms with van der Waals surface area (Å²) in [6.07, 6.45) is 1.58. The zero-order chi connectivity index (χ0) is 15.7. The predicted octanol–water partition coefficient (Wildman–Crippen LogP) is 0.543. The monoisotopic (exact) mass is 297 g/mol. The Balaban J connectivity index is 2.16. The molecule has 0 saturated carbocycles. The number of amides is 1. The van der Waals surface area contributed by atoms with Gasteiger partial charge < -0.3 is 5.32 Å². The molecule has 0 unspecified atom stereocenters. The van der Waals surface area contributed by atoms with Gasteiger partial charge in [0.25, 0.3) is 0 Å². The van der Waals surface area contributed by atoms with Crippen molar-refractivity contribution >= 4 is 17.1 Å². The molecule has 3 rings (SSSR count). The molecular weight excluding hydrogens is 282 g/mol. The first-order valence-electron chi connectivity index (χ1n) is 6.80. The fraction of sp³-hybridized carbons (Fsp3) is 0.200. The quantitative estimate of drug-likeness (QED) is 0.765. The van der Waals surface area contributed by atoms with Crippen LogP contribution in [0.15, 0.2) is 41.3 Å². The standard InChI is InChI=1S/C15H15N5O2/c1-16-12(21)9-20-11-8-17-13(10-6-4-3-5-7-10)18-14(11)19(2)15(20)22/h3-8H,9H2,1-2H3,(H,16,21). The second kappa shape index (κ2) is 5.44. The van der Waals surface area contributed by atoms with Crippen LogP contribution in [-0.2, 0) is 18.4 Å². The van der Waals surface area contributed by atoms with Crippen LogP contribution in [0.25, 0.3) is 22.6 Å². The smallest absolute Gasteiger partial charge is 0.330 e. The number of nitrogens with zero attached hydrogens (tertiary/aromatic N) is 4. The maximum Gasteiger partial charge on any atom is 0.330 e. The average Bonchev–Trinajstić information content (AvgIpc) is 2.80. The van der Waals surface area contributed by atoms with Gasteiger partial charge in [-0.15, -0.1) is 0 Å². The van der Waals surface area contributed by atoms with E-state index in [1.807, 2.05) is 30.3 Å². The number of aryl methyl sites for hydroxylation is 1. The third kappa shape index (κ3) is 2.26. The Bertz CT molecular complexity index is 895. The Morgan fingerprint density at radius 1 is 1.27 bits per heavy atom. The summed E-state index contributed by atoms with van der Waals surface area (Å²) in [5.74, 6) is 0.294. The molecule has 1 amide bonds. The van der Waals surface area contributed by atoms with Gasteiger partial charge in [-0.3, -0.25) is 13.9 Å². The molecule has 2 heterocycles. The third-order valence-electron chi connectivity index (χ3n) is 3.49. The second-order valence-electron chi connectivity index (χ2n) is 4.87. The summed E-state index contributed by atoms with van der Waals surface area (Å²) in [5.41, 5.74) is 1.62. The van der Waals surface area contributed by atoms with Crippen LogP contribution in [0.4, 0.5) is 0 Å². The van der Waals surface area contributed by atoms with E-state index < -0.39 is 0 Å². The molecule has 112 valence electrons. The number of rotatable bonds is 3. The molecule has 0 aliphatic carbocycles. The molecule has 0 radical (unpaired) electrons. The van der Waals surface area contributed by atoms with Crippen LogP contribution < -0.4 is 11.0 Å². The predicted molar refractivity (Wildman–Crippen MR) is 82.3 cm³/mol. The maximum absolute atomic E-state index is 12.3. The van der Waals surface area contributed by atoms with Crippen molar-refractivity contribution in [2.45, 2.75) is 6.54 Å². The number of aromatic nitrogens is 4. The van der Waals surface area contributed by atoms with Gasteiger partial charge in [-0.25, -0.2) is 14.8 Å². The molecule has 0 spiro atoms. The first kappa shape index (κ1) is 14.0. The summed E-state index contributed by atoms with van der Waals surface area (Å²) >= 11 is 0. The van der Waals surface area contributed by atoms with E-state index in [-0.39, 0.29) is 18.1 Å². The zero-order valence-electron chi connectivity index (χ0n) is 12.3. The van der Waals surface area contributed by atoms with Gasteiger partial charge in [0.15, 0.2) is 11.5 Å². The molecule has 0 aliphatic rings. The van der Waals surface area contributed by atoms with Crippen LogP contribution in [0.3, 0.4) is 0 Å². The lowest BCUT2D eigenvalue weighted by molar-refractivity contribution is -0.121. The number of hydrogen-bond donors (Lipinski definition) is 1. The Kier molecular flexibility index (Phi) is 3.46. The van der Waals surface area contributed by atoms with E-state index in [4.69, 9.17) is 0 Å². The number of likely N-dealkylation sites (N-methyl/N-ethyl adjacent to an activating group) is 1. The molecule has 7 nitrogen and oxygen atoms in total. The minimum absolute atomic E-state index is 0.0548. The fourth-order valence-corrected chi connectivity index (χ4v) is 2.28. The summed E-state index contributed by atoms with van der Waals surface area (Å²) in [7, 11) is 3.16. The SMILES string of the molecule is CNC(=O)Cn1c(=O)n(C)c2nc(-c3ccccc3)ncc21. The normalized spacial score (nSPS) is 10.8. The summed E-state index contributed by atoms with van der Waals surface area (Å²) < 4.78 is 2.79. The Morgan fingerprint density at radius 3 is 2.68 bits per heavy atom. The molecule has 3 aromatic rings. The van der Waals surface area contributed by atoms with Crippen LogP contribution in [0.1, 0.15) is 0 Å². The van der Waals surface area contributed by atoms with E-state index in [1.165, 1.54) is 16.2 Å². The molecule has 2 aromatic heterocycles. The lowest BCUT2D eigenvalue weighted by Gasteiger charge is -2.02. The summed E-state index contributed by atoms with van der Waals surface area (Å²) in [4.78, 5) is 32.6. The molecule has 22 heavy (non-hydrogen) atoms. The number of imidazole rings is 1. The van der Waals surface area contributed by atoms with Crippen molar-refractivity contribution in [1.29, 1.82) is 0 Å². The van der Waals surface area contributed by atoms with E-state index in [9.17, 15) is 9.59 Å². The van der Waals surface area contributed by atoms with Gasteiger partial charge in [0.1, 0.15) is 12.1 Å². The highest BCUT2D eigenvalue weighted by Crippen LogP contribution is 2.17. The van der Waals surface area contributed by atoms with E-state index >= 15 is 0 Å². The first-order valence-corrected chi connectivity index (χ1v) is 6.80. The number of benzene rings is 1. The van der Waals surface area contributed by atoms with Crippen molar-refractivity contribution in [2.75, 3.05) is 7.05 Å². The van der Waals surface area contributed by atoms with Crippen molar-refractivity contribution in [3.63, 3.8) is 0 Å². The Morgan fingerprint density at radius 2 is 2.00 bits per heavy atom. The molecule has 0 bridgehead atoms. The molecule has 7 heteroatoms. The number of hydrogen-bond acceptors (Lipinski definition) is 4. The van der Waals surface area contributed by atoms with Crippen LogP contribution in [0.2, 0.25) is 0 Å². The molecule has 1 aromatic carbocycles. The number of nitrogens with one attached hydrogen (secondary N) is 1. The van der Waals surface area contributed by atoms with E-state index in [0.717, 1.165) is 5.56 Å². The summed E-state index contributed by atoms with van der Waals surface area (Å²) in [6.45, 7) is -0.0548. The molecule has 0 atom stereocenters. The van der Waals surface area contributed by atoms with Crippen LogP contribution in [0.5, 0.6) is 0 Å². The molecule has 1 N–H and O–H groups in total. The molecule has 0 fully saturated rings. The highest BCUT2D eigenvalue weighted by atomic mass is 16.2. The van der Waals surface area contributed by atoms with Crippen LogP contribution in [-0.4, -0.2) is 32.1 Å². The van der Waals surface area contributed by atoms with E-state index in [0.29, 0.717) is 17.0 Å². The maximum atomic E-state index is 12.3. The van der Waals surface area contributed by atoms with Crippen molar-refractivity contribution in [3.05, 3.63) is 47.0 Å². The van der Waals surface area contributed by atoms with Gasteiger partial charge in [-0.1, -0.05) is 30.3 Å². The minimum Gasteiger partial charge on any atom is -0.358 e. The lowest BCUT2D eigenvalue weighted by Crippen LogP contribution is -2.30. The Hall–Kier alpha value is -2.96. The summed E-state index contributed by atoms with van der Waals surface area (Å²) in [5, 5.41) is 2.50. The molecule has 0 saturated heterocycles. The minimum atomic E-state index is -0.293. The Labute approximate surface area is 126 Å². The van der Waals surface area contributed by atoms with Gasteiger partial charge >= 0.3 is 5.69 Å². The zero-order valence-corrected chi connectivity index (χ0v) is 12.3. The second-order valence-corrected chi connectivity index (χ2v) is 4.87. The fourth-order valence-electron chi connectivity index (χ4n) is 2.28. The number of fused-ring (bicyclic) bond motifs is 1. The van der Waals surface area contributed by atoms with Crippen molar-refractivity contribution < 1.29 is 4.79 Å². The number of carbonyl (C=O) groups is 1. The van der Waals surface area contributed by atoms with Gasteiger partial charge in [-0.2, -0.15) is 0 Å².